The molecule has 0 aliphatic heterocycles. The van der Waals surface area contributed by atoms with Crippen LogP contribution in [0.1, 0.15) is 21.7 Å². The molecule has 2 heterocycles. The van der Waals surface area contributed by atoms with Crippen LogP contribution in [0.4, 0.5) is 0 Å². The minimum atomic E-state index is -0.166. The lowest BCUT2D eigenvalue weighted by atomic mass is 10.1. The summed E-state index contributed by atoms with van der Waals surface area (Å²) in [5.41, 5.74) is 3.12. The Kier molecular flexibility index (Phi) is 5.77. The number of hydrogen-bond donors (Lipinski definition) is 1. The molecule has 0 saturated carbocycles. The minimum Gasteiger partial charge on any atom is -0.469 e. The average molecular weight is 406 g/mol. The van der Waals surface area contributed by atoms with Gasteiger partial charge in [-0.2, -0.15) is 5.10 Å². The van der Waals surface area contributed by atoms with Crippen molar-refractivity contribution in [2.75, 3.05) is 6.54 Å². The molecule has 4 aromatic rings. The zero-order valence-electron chi connectivity index (χ0n) is 15.7. The van der Waals surface area contributed by atoms with Crippen molar-refractivity contribution in [2.45, 2.75) is 13.0 Å². The van der Waals surface area contributed by atoms with E-state index < -0.39 is 0 Å². The molecule has 2 aromatic carbocycles. The smallest absolute Gasteiger partial charge is 0.255 e. The van der Waals surface area contributed by atoms with Crippen molar-refractivity contribution in [1.29, 1.82) is 0 Å². The van der Waals surface area contributed by atoms with Crippen molar-refractivity contribution < 1.29 is 9.21 Å². The van der Waals surface area contributed by atoms with Crippen molar-refractivity contribution >= 4 is 17.5 Å². The largest absolute Gasteiger partial charge is 0.469 e. The Morgan fingerprint density at radius 3 is 2.55 bits per heavy atom. The molecule has 0 radical (unpaired) electrons. The molecule has 0 saturated heterocycles. The molecule has 0 aliphatic carbocycles. The number of nitrogens with one attached hydrogen (secondary N) is 1. The highest BCUT2D eigenvalue weighted by Crippen LogP contribution is 2.24. The number of furan rings is 1. The molecule has 4 rings (SSSR count). The Morgan fingerprint density at radius 2 is 1.83 bits per heavy atom. The van der Waals surface area contributed by atoms with Crippen LogP contribution < -0.4 is 5.32 Å². The van der Waals surface area contributed by atoms with Gasteiger partial charge in [0.25, 0.3) is 5.91 Å². The second-order valence-electron chi connectivity index (χ2n) is 6.67. The van der Waals surface area contributed by atoms with Gasteiger partial charge in [-0.05, 0) is 29.8 Å². The molecule has 29 heavy (non-hydrogen) atoms. The third-order valence-corrected chi connectivity index (χ3v) is 4.80. The number of aromatic nitrogens is 2. The normalized spacial score (nSPS) is 10.8. The van der Waals surface area contributed by atoms with E-state index in [2.05, 4.69) is 10.4 Å². The summed E-state index contributed by atoms with van der Waals surface area (Å²) in [7, 11) is 0. The number of halogens is 1. The lowest BCUT2D eigenvalue weighted by Gasteiger charge is -2.05. The van der Waals surface area contributed by atoms with Crippen LogP contribution in [0.3, 0.4) is 0 Å². The predicted octanol–water partition coefficient (Wildman–Crippen LogP) is 4.82. The number of carbonyl (C=O) groups is 1. The zero-order valence-corrected chi connectivity index (χ0v) is 16.5. The van der Waals surface area contributed by atoms with E-state index >= 15 is 0 Å². The van der Waals surface area contributed by atoms with Gasteiger partial charge in [-0.25, -0.2) is 0 Å². The highest BCUT2D eigenvalue weighted by molar-refractivity contribution is 6.30. The van der Waals surface area contributed by atoms with E-state index in [1.807, 2.05) is 54.6 Å². The lowest BCUT2D eigenvalue weighted by Crippen LogP contribution is -2.25. The summed E-state index contributed by atoms with van der Waals surface area (Å²) < 4.78 is 7.11. The molecule has 0 aliphatic rings. The van der Waals surface area contributed by atoms with Gasteiger partial charge in [-0.1, -0.05) is 54.1 Å². The van der Waals surface area contributed by atoms with Crippen molar-refractivity contribution in [2.24, 2.45) is 0 Å². The predicted molar refractivity (Wildman–Crippen MR) is 113 cm³/mol. The molecule has 0 fully saturated rings. The van der Waals surface area contributed by atoms with Crippen LogP contribution in [0.2, 0.25) is 5.02 Å². The number of hydrogen-bond acceptors (Lipinski definition) is 3. The summed E-state index contributed by atoms with van der Waals surface area (Å²) in [6.45, 7) is 1.07. The molecule has 1 amide bonds. The summed E-state index contributed by atoms with van der Waals surface area (Å²) in [5, 5.41) is 8.28. The molecule has 0 atom stereocenters. The fourth-order valence-electron chi connectivity index (χ4n) is 3.11. The average Bonchev–Trinajstić information content (AvgIpc) is 3.39. The van der Waals surface area contributed by atoms with Crippen molar-refractivity contribution in [3.05, 3.63) is 101 Å². The first-order valence-corrected chi connectivity index (χ1v) is 9.75. The zero-order chi connectivity index (χ0) is 20.1. The molecular weight excluding hydrogens is 386 g/mol. The Hall–Kier alpha value is -3.31. The molecule has 6 heteroatoms. The third-order valence-electron chi connectivity index (χ3n) is 4.55. The lowest BCUT2D eigenvalue weighted by molar-refractivity contribution is 0.0954. The van der Waals surface area contributed by atoms with E-state index in [1.54, 1.807) is 29.3 Å². The maximum atomic E-state index is 12.9. The molecule has 2 aromatic heterocycles. The minimum absolute atomic E-state index is 0.166. The van der Waals surface area contributed by atoms with E-state index in [1.165, 1.54) is 0 Å². The number of nitrogens with zero attached hydrogens (tertiary/aromatic N) is 2. The Labute approximate surface area is 173 Å². The monoisotopic (exact) mass is 405 g/mol. The molecular formula is C23H20ClN3O2. The van der Waals surface area contributed by atoms with E-state index in [0.717, 1.165) is 16.9 Å². The van der Waals surface area contributed by atoms with Crippen molar-refractivity contribution in [1.82, 2.24) is 15.1 Å². The second kappa shape index (κ2) is 8.80. The fourth-order valence-corrected chi connectivity index (χ4v) is 3.24. The van der Waals surface area contributed by atoms with Crippen LogP contribution >= 0.6 is 11.6 Å². The highest BCUT2D eigenvalue weighted by Gasteiger charge is 2.18. The summed E-state index contributed by atoms with van der Waals surface area (Å²) in [5.74, 6) is 0.670. The topological polar surface area (TPSA) is 60.1 Å². The standard InChI is InChI=1S/C23H20ClN3O2/c24-19-10-8-18(9-11-19)22-21(23(28)25-13-12-20-7-4-14-29-20)16-27(26-22)15-17-5-2-1-3-6-17/h1-11,14,16H,12-13,15H2,(H,25,28). The van der Waals surface area contributed by atoms with Gasteiger partial charge in [0.15, 0.2) is 0 Å². The third kappa shape index (κ3) is 4.76. The fraction of sp³-hybridized carbons (Fsp3) is 0.130. The van der Waals surface area contributed by atoms with Gasteiger partial charge in [0, 0.05) is 29.7 Å². The molecule has 0 bridgehead atoms. The molecule has 146 valence electrons. The maximum absolute atomic E-state index is 12.9. The van der Waals surface area contributed by atoms with Crippen LogP contribution in [0.5, 0.6) is 0 Å². The van der Waals surface area contributed by atoms with E-state index in [4.69, 9.17) is 16.0 Å². The quantitative estimate of drug-likeness (QED) is 0.479. The SMILES string of the molecule is O=C(NCCc1ccco1)c1cn(Cc2ccccc2)nc1-c1ccc(Cl)cc1. The van der Waals surface area contributed by atoms with E-state index in [9.17, 15) is 4.79 Å². The van der Waals surface area contributed by atoms with Gasteiger partial charge in [0.1, 0.15) is 11.5 Å². The number of rotatable bonds is 7. The van der Waals surface area contributed by atoms with Crippen LogP contribution in [0.15, 0.2) is 83.6 Å². The van der Waals surface area contributed by atoms with Crippen molar-refractivity contribution in [3.8, 4) is 11.3 Å². The number of benzene rings is 2. The highest BCUT2D eigenvalue weighted by atomic mass is 35.5. The summed E-state index contributed by atoms with van der Waals surface area (Å²) in [4.78, 5) is 12.9. The second-order valence-corrected chi connectivity index (χ2v) is 7.10. The van der Waals surface area contributed by atoms with Gasteiger partial charge in [-0.15, -0.1) is 0 Å². The van der Waals surface area contributed by atoms with Gasteiger partial charge < -0.3 is 9.73 Å². The van der Waals surface area contributed by atoms with Gasteiger partial charge >= 0.3 is 0 Å². The van der Waals surface area contributed by atoms with Gasteiger partial charge in [0.2, 0.25) is 0 Å². The molecule has 5 nitrogen and oxygen atoms in total. The Balaban J connectivity index is 1.57. The number of carbonyl (C=O) groups excluding carboxylic acids is 1. The summed E-state index contributed by atoms with van der Waals surface area (Å²) in [6.07, 6.45) is 4.05. The number of amides is 1. The van der Waals surface area contributed by atoms with Crippen LogP contribution in [0, 0.1) is 0 Å². The maximum Gasteiger partial charge on any atom is 0.255 e. The van der Waals surface area contributed by atoms with Crippen LogP contribution in [-0.4, -0.2) is 22.2 Å². The Bertz CT molecular complexity index is 1070. The van der Waals surface area contributed by atoms with Crippen molar-refractivity contribution in [3.63, 3.8) is 0 Å². The first-order chi connectivity index (χ1) is 14.2. The first kappa shape index (κ1) is 19.0. The van der Waals surface area contributed by atoms with E-state index in [0.29, 0.717) is 35.8 Å². The summed E-state index contributed by atoms with van der Waals surface area (Å²) in [6, 6.07) is 21.1. The Morgan fingerprint density at radius 1 is 1.03 bits per heavy atom. The van der Waals surface area contributed by atoms with E-state index in [-0.39, 0.29) is 5.91 Å². The summed E-state index contributed by atoms with van der Waals surface area (Å²) >= 11 is 6.02. The van der Waals surface area contributed by atoms with Crippen LogP contribution in [0.25, 0.3) is 11.3 Å². The first-order valence-electron chi connectivity index (χ1n) is 9.37. The molecule has 0 spiro atoms. The van der Waals surface area contributed by atoms with Crippen LogP contribution in [-0.2, 0) is 13.0 Å². The molecule has 0 unspecified atom stereocenters. The van der Waals surface area contributed by atoms with Gasteiger partial charge in [-0.3, -0.25) is 9.48 Å². The molecule has 1 N–H and O–H groups in total. The van der Waals surface area contributed by atoms with Gasteiger partial charge in [0.05, 0.1) is 18.4 Å².